The quantitative estimate of drug-likeness (QED) is 0.287. The van der Waals surface area contributed by atoms with Gasteiger partial charge in [0, 0.05) is 13.6 Å². The van der Waals surface area contributed by atoms with Crippen molar-refractivity contribution in [2.24, 2.45) is 0 Å². The van der Waals surface area contributed by atoms with Gasteiger partial charge in [0.15, 0.2) is 11.5 Å². The van der Waals surface area contributed by atoms with E-state index in [9.17, 15) is 13.6 Å². The molecule has 4 rings (SSSR count). The van der Waals surface area contributed by atoms with Crippen LogP contribution < -0.4 is 14.2 Å². The van der Waals surface area contributed by atoms with Gasteiger partial charge < -0.3 is 23.6 Å². The van der Waals surface area contributed by atoms with Gasteiger partial charge >= 0.3 is 6.61 Å². The lowest BCUT2D eigenvalue weighted by Gasteiger charge is -2.21. The Hall–Kier alpha value is -4.14. The maximum Gasteiger partial charge on any atom is 0.387 e. The first-order valence-corrected chi connectivity index (χ1v) is 11.2. The van der Waals surface area contributed by atoms with E-state index in [1.807, 2.05) is 37.3 Å². The molecule has 0 atom stereocenters. The lowest BCUT2D eigenvalue weighted by atomic mass is 10.0. The molecule has 0 bridgehead atoms. The average molecular weight is 497 g/mol. The van der Waals surface area contributed by atoms with Crippen molar-refractivity contribution in [2.45, 2.75) is 33.6 Å². The number of aromatic nitrogens is 1. The Labute approximate surface area is 207 Å². The van der Waals surface area contributed by atoms with Crippen molar-refractivity contribution in [1.82, 2.24) is 10.1 Å². The third-order valence-corrected chi connectivity index (χ3v) is 5.84. The van der Waals surface area contributed by atoms with Gasteiger partial charge in [-0.3, -0.25) is 4.79 Å². The molecule has 0 unspecified atom stereocenters. The Morgan fingerprint density at radius 3 is 2.39 bits per heavy atom. The van der Waals surface area contributed by atoms with Crippen LogP contribution in [-0.4, -0.2) is 36.7 Å². The molecule has 0 saturated heterocycles. The van der Waals surface area contributed by atoms with Gasteiger partial charge in [0.05, 0.1) is 23.9 Å². The summed E-state index contributed by atoms with van der Waals surface area (Å²) in [5, 5.41) is 5.76. The topological polar surface area (TPSA) is 74.0 Å². The Morgan fingerprint density at radius 1 is 1.03 bits per heavy atom. The lowest BCUT2D eigenvalue weighted by molar-refractivity contribution is -0.0512. The van der Waals surface area contributed by atoms with Crippen LogP contribution >= 0.6 is 0 Å². The third-order valence-electron chi connectivity index (χ3n) is 5.84. The monoisotopic (exact) mass is 496 g/mol. The van der Waals surface area contributed by atoms with Crippen LogP contribution in [0.3, 0.4) is 0 Å². The van der Waals surface area contributed by atoms with E-state index in [0.717, 1.165) is 22.0 Å². The molecule has 3 aromatic carbocycles. The Balaban J connectivity index is 1.62. The number of rotatable bonds is 9. The highest BCUT2D eigenvalue weighted by molar-refractivity contribution is 6.01. The molecule has 0 spiro atoms. The van der Waals surface area contributed by atoms with Crippen molar-refractivity contribution in [3.8, 4) is 17.2 Å². The Kier molecular flexibility index (Phi) is 7.38. The molecule has 0 aliphatic rings. The first kappa shape index (κ1) is 25.0. The summed E-state index contributed by atoms with van der Waals surface area (Å²) in [5.41, 5.74) is 2.51. The fourth-order valence-electron chi connectivity index (χ4n) is 3.92. The van der Waals surface area contributed by atoms with Crippen molar-refractivity contribution < 1.29 is 32.3 Å². The highest BCUT2D eigenvalue weighted by Gasteiger charge is 2.21. The van der Waals surface area contributed by atoms with E-state index in [0.29, 0.717) is 22.6 Å². The number of aryl methyl sites for hydroxylation is 2. The molecule has 0 aliphatic heterocycles. The molecule has 0 aliphatic carbocycles. The van der Waals surface area contributed by atoms with E-state index in [-0.39, 0.29) is 30.6 Å². The van der Waals surface area contributed by atoms with Crippen molar-refractivity contribution in [1.29, 1.82) is 0 Å². The molecule has 36 heavy (non-hydrogen) atoms. The van der Waals surface area contributed by atoms with Crippen LogP contribution in [-0.2, 0) is 13.2 Å². The number of amides is 1. The first-order valence-electron chi connectivity index (χ1n) is 11.2. The summed E-state index contributed by atoms with van der Waals surface area (Å²) in [6.07, 6.45) is 0. The number of carbonyl (C=O) groups excluding carboxylic acids is 1. The number of halogens is 2. The van der Waals surface area contributed by atoms with Crippen molar-refractivity contribution in [2.75, 3.05) is 14.2 Å². The maximum atomic E-state index is 13.5. The van der Waals surface area contributed by atoms with Gasteiger partial charge in [0.2, 0.25) is 0 Å². The number of alkyl halides is 2. The molecule has 9 heteroatoms. The first-order chi connectivity index (χ1) is 17.3. The summed E-state index contributed by atoms with van der Waals surface area (Å²) in [6.45, 7) is 0.980. The van der Waals surface area contributed by atoms with Crippen molar-refractivity contribution >= 4 is 16.7 Å². The molecule has 1 aromatic heterocycles. The number of nitrogens with zero attached hydrogens (tertiary/aromatic N) is 2. The van der Waals surface area contributed by atoms with E-state index in [4.69, 9.17) is 14.0 Å². The summed E-state index contributed by atoms with van der Waals surface area (Å²) >= 11 is 0. The van der Waals surface area contributed by atoms with E-state index < -0.39 is 6.61 Å². The van der Waals surface area contributed by atoms with E-state index in [1.165, 1.54) is 24.1 Å². The molecule has 188 valence electrons. The number of ether oxygens (including phenoxy) is 3. The average Bonchev–Trinajstić information content (AvgIpc) is 3.18. The maximum absolute atomic E-state index is 13.5. The zero-order chi connectivity index (χ0) is 25.8. The van der Waals surface area contributed by atoms with Crippen LogP contribution in [0.15, 0.2) is 59.1 Å². The number of carbonyl (C=O) groups is 1. The molecular formula is C27H26F2N2O5. The normalized spacial score (nSPS) is 11.1. The summed E-state index contributed by atoms with van der Waals surface area (Å²) in [4.78, 5) is 15.0. The van der Waals surface area contributed by atoms with Gasteiger partial charge in [-0.05, 0) is 54.4 Å². The third kappa shape index (κ3) is 5.40. The fraction of sp³-hybridized carbons (Fsp3) is 0.259. The van der Waals surface area contributed by atoms with Gasteiger partial charge in [-0.2, -0.15) is 8.78 Å². The molecule has 0 radical (unpaired) electrons. The van der Waals surface area contributed by atoms with Gasteiger partial charge in [-0.1, -0.05) is 35.5 Å². The lowest BCUT2D eigenvalue weighted by Crippen LogP contribution is -2.26. The van der Waals surface area contributed by atoms with Crippen LogP contribution in [0, 0.1) is 13.8 Å². The second-order valence-corrected chi connectivity index (χ2v) is 8.31. The summed E-state index contributed by atoms with van der Waals surface area (Å²) in [5.74, 6) is 0.862. The molecular weight excluding hydrogens is 470 g/mol. The number of methoxy groups -OCH3 is 1. The van der Waals surface area contributed by atoms with Crippen molar-refractivity contribution in [3.63, 3.8) is 0 Å². The zero-order valence-corrected chi connectivity index (χ0v) is 20.4. The van der Waals surface area contributed by atoms with Gasteiger partial charge in [0.1, 0.15) is 18.1 Å². The highest BCUT2D eigenvalue weighted by Crippen LogP contribution is 2.31. The predicted molar refractivity (Wildman–Crippen MR) is 130 cm³/mol. The molecule has 4 aromatic rings. The molecule has 1 amide bonds. The van der Waals surface area contributed by atoms with Crippen LogP contribution in [0.5, 0.6) is 17.2 Å². The number of fused-ring (bicyclic) bond motifs is 1. The van der Waals surface area contributed by atoms with Gasteiger partial charge in [0.25, 0.3) is 5.91 Å². The second-order valence-electron chi connectivity index (χ2n) is 8.31. The van der Waals surface area contributed by atoms with Crippen LogP contribution in [0.4, 0.5) is 8.78 Å². The summed E-state index contributed by atoms with van der Waals surface area (Å²) in [6, 6.07) is 15.9. The van der Waals surface area contributed by atoms with E-state index >= 15 is 0 Å². The summed E-state index contributed by atoms with van der Waals surface area (Å²) in [7, 11) is 3.00. The van der Waals surface area contributed by atoms with Gasteiger partial charge in [-0.15, -0.1) is 0 Å². The van der Waals surface area contributed by atoms with Crippen LogP contribution in [0.1, 0.15) is 32.9 Å². The number of benzene rings is 3. The SMILES string of the molecule is COc1ccc(CN(C)C(=O)c2cc3ccccc3cc2OCc2c(C)noc2C)cc1OC(F)F. The molecule has 1 heterocycles. The van der Waals surface area contributed by atoms with Gasteiger partial charge in [-0.25, -0.2) is 0 Å². The standard InChI is InChI=1S/C27H26F2N2O5/c1-16-22(17(2)36-30-16)15-34-24-13-20-8-6-5-7-19(20)12-21(24)26(32)31(3)14-18-9-10-23(33-4)25(11-18)35-27(28)29/h5-13,27H,14-15H2,1-4H3. The molecule has 0 N–H and O–H groups in total. The highest BCUT2D eigenvalue weighted by atomic mass is 19.3. The van der Waals surface area contributed by atoms with E-state index in [2.05, 4.69) is 9.89 Å². The minimum Gasteiger partial charge on any atom is -0.493 e. The van der Waals surface area contributed by atoms with Crippen LogP contribution in [0.2, 0.25) is 0 Å². The smallest absolute Gasteiger partial charge is 0.387 e. The second kappa shape index (κ2) is 10.6. The Bertz CT molecular complexity index is 1370. The van der Waals surface area contributed by atoms with Crippen LogP contribution in [0.25, 0.3) is 10.8 Å². The van der Waals surface area contributed by atoms with Crippen molar-refractivity contribution in [3.05, 3.63) is 82.7 Å². The number of hydrogen-bond acceptors (Lipinski definition) is 6. The predicted octanol–water partition coefficient (Wildman–Crippen LogP) is 5.91. The molecule has 0 fully saturated rings. The Morgan fingerprint density at radius 2 is 1.75 bits per heavy atom. The molecule has 7 nitrogen and oxygen atoms in total. The van der Waals surface area contributed by atoms with E-state index in [1.54, 1.807) is 26.1 Å². The fourth-order valence-corrected chi connectivity index (χ4v) is 3.92. The largest absolute Gasteiger partial charge is 0.493 e. The number of hydrogen-bond donors (Lipinski definition) is 0. The summed E-state index contributed by atoms with van der Waals surface area (Å²) < 4.78 is 46.6. The molecule has 0 saturated carbocycles. The minimum atomic E-state index is -3.00. The minimum absolute atomic E-state index is 0.0972. The zero-order valence-electron chi connectivity index (χ0n) is 20.4.